The van der Waals surface area contributed by atoms with Gasteiger partial charge in [0.05, 0.1) is 6.26 Å². The van der Waals surface area contributed by atoms with Gasteiger partial charge in [-0.05, 0) is 34.6 Å². The van der Waals surface area contributed by atoms with Crippen molar-refractivity contribution in [1.82, 2.24) is 15.4 Å². The molecule has 0 aliphatic heterocycles. The van der Waals surface area contributed by atoms with Crippen molar-refractivity contribution in [3.05, 3.63) is 0 Å². The minimum absolute atomic E-state index is 0.407. The summed E-state index contributed by atoms with van der Waals surface area (Å²) in [6.45, 7) is 10.3. The van der Waals surface area contributed by atoms with Crippen molar-refractivity contribution in [2.24, 2.45) is 0 Å². The summed E-state index contributed by atoms with van der Waals surface area (Å²) < 4.78 is 29.9. The lowest BCUT2D eigenvalue weighted by atomic mass is 10.1. The van der Waals surface area contributed by atoms with Gasteiger partial charge in [-0.1, -0.05) is 0 Å². The molecule has 0 saturated carbocycles. The Morgan fingerprint density at radius 3 is 2.10 bits per heavy atom. The van der Waals surface area contributed by atoms with Gasteiger partial charge in [-0.25, -0.2) is 17.9 Å². The lowest BCUT2D eigenvalue weighted by Crippen LogP contribution is -2.50. The molecule has 20 heavy (non-hydrogen) atoms. The molecule has 0 aromatic carbocycles. The van der Waals surface area contributed by atoms with Crippen molar-refractivity contribution >= 4 is 16.1 Å². The van der Waals surface area contributed by atoms with E-state index in [4.69, 9.17) is 4.74 Å². The number of rotatable bonds is 7. The van der Waals surface area contributed by atoms with Crippen LogP contribution < -0.4 is 15.4 Å². The molecule has 0 aliphatic rings. The number of ether oxygens (including phenoxy) is 1. The van der Waals surface area contributed by atoms with Gasteiger partial charge in [0.25, 0.3) is 0 Å². The number of carbonyl (C=O) groups excluding carboxylic acids is 1. The maximum absolute atomic E-state index is 11.4. The third-order valence-electron chi connectivity index (χ3n) is 2.00. The van der Waals surface area contributed by atoms with E-state index < -0.39 is 27.3 Å². The van der Waals surface area contributed by atoms with Gasteiger partial charge in [0.15, 0.2) is 0 Å². The molecule has 0 fully saturated rings. The summed E-state index contributed by atoms with van der Waals surface area (Å²) in [5, 5.41) is 5.68. The number of amides is 1. The molecule has 0 radical (unpaired) electrons. The van der Waals surface area contributed by atoms with Gasteiger partial charge in [0, 0.05) is 25.2 Å². The van der Waals surface area contributed by atoms with Crippen molar-refractivity contribution in [2.75, 3.05) is 25.9 Å². The number of nitrogens with one attached hydrogen (secondary N) is 3. The molecular weight excluding hydrogens is 282 g/mol. The van der Waals surface area contributed by atoms with E-state index in [-0.39, 0.29) is 0 Å². The molecule has 0 aliphatic carbocycles. The molecule has 0 aromatic rings. The molecule has 0 aromatic heterocycles. The van der Waals surface area contributed by atoms with Gasteiger partial charge in [-0.3, -0.25) is 0 Å². The van der Waals surface area contributed by atoms with Gasteiger partial charge < -0.3 is 15.4 Å². The summed E-state index contributed by atoms with van der Waals surface area (Å²) in [6, 6.07) is 0. The first-order valence-electron chi connectivity index (χ1n) is 6.47. The van der Waals surface area contributed by atoms with Crippen LogP contribution in [0.15, 0.2) is 0 Å². The Morgan fingerprint density at radius 2 is 1.65 bits per heavy atom. The van der Waals surface area contributed by atoms with Gasteiger partial charge in [0.1, 0.15) is 5.60 Å². The molecule has 0 spiro atoms. The molecule has 120 valence electrons. The molecule has 7 nitrogen and oxygen atoms in total. The maximum atomic E-state index is 11.4. The Bertz CT molecular complexity index is 413. The Balaban J connectivity index is 3.85. The Labute approximate surface area is 121 Å². The molecule has 8 heteroatoms. The van der Waals surface area contributed by atoms with Gasteiger partial charge in [0.2, 0.25) is 10.0 Å². The first-order chi connectivity index (χ1) is 8.81. The van der Waals surface area contributed by atoms with Crippen molar-refractivity contribution < 1.29 is 17.9 Å². The largest absolute Gasteiger partial charge is 0.444 e. The second-order valence-corrected chi connectivity index (χ2v) is 8.11. The summed E-state index contributed by atoms with van der Waals surface area (Å²) in [4.78, 5) is 11.4. The fourth-order valence-electron chi connectivity index (χ4n) is 1.51. The summed E-state index contributed by atoms with van der Waals surface area (Å²) in [5.74, 6) is 0. The maximum Gasteiger partial charge on any atom is 0.407 e. The van der Waals surface area contributed by atoms with Crippen molar-refractivity contribution in [3.63, 3.8) is 0 Å². The number of sulfonamides is 1. The monoisotopic (exact) mass is 309 g/mol. The van der Waals surface area contributed by atoms with E-state index in [0.29, 0.717) is 19.6 Å². The van der Waals surface area contributed by atoms with E-state index in [1.54, 1.807) is 34.6 Å². The van der Waals surface area contributed by atoms with Crippen LogP contribution in [0.1, 0.15) is 34.6 Å². The zero-order chi connectivity index (χ0) is 16.0. The highest BCUT2D eigenvalue weighted by Crippen LogP contribution is 2.06. The lowest BCUT2D eigenvalue weighted by molar-refractivity contribution is 0.0528. The predicted octanol–water partition coefficient (Wildman–Crippen LogP) is 0.429. The zero-order valence-corrected chi connectivity index (χ0v) is 14.0. The topological polar surface area (TPSA) is 96.5 Å². The van der Waals surface area contributed by atoms with Gasteiger partial charge in [-0.15, -0.1) is 0 Å². The molecule has 1 amide bonds. The average molecular weight is 309 g/mol. The molecule has 0 unspecified atom stereocenters. The van der Waals surface area contributed by atoms with Gasteiger partial charge in [-0.2, -0.15) is 0 Å². The quantitative estimate of drug-likeness (QED) is 0.593. The number of alkyl carbamates (subject to hydrolysis) is 1. The second kappa shape index (κ2) is 7.24. The molecular formula is C12H27N3O4S. The first-order valence-corrected chi connectivity index (χ1v) is 8.36. The SMILES string of the molecule is CC(C)(CNCCNC(=O)OC(C)(C)C)NS(C)(=O)=O. The Kier molecular flexibility index (Phi) is 6.92. The molecule has 0 rings (SSSR count). The second-order valence-electron chi connectivity index (χ2n) is 6.36. The minimum atomic E-state index is -3.24. The summed E-state index contributed by atoms with van der Waals surface area (Å²) in [6.07, 6.45) is 0.659. The van der Waals surface area contributed by atoms with Crippen LogP contribution in [0.2, 0.25) is 0 Å². The zero-order valence-electron chi connectivity index (χ0n) is 13.2. The Morgan fingerprint density at radius 1 is 1.10 bits per heavy atom. The predicted molar refractivity (Wildman–Crippen MR) is 79.2 cm³/mol. The Hall–Kier alpha value is -0.860. The highest BCUT2D eigenvalue weighted by atomic mass is 32.2. The van der Waals surface area contributed by atoms with Crippen LogP contribution in [0, 0.1) is 0 Å². The average Bonchev–Trinajstić information content (AvgIpc) is 2.09. The summed E-state index contributed by atoms with van der Waals surface area (Å²) in [7, 11) is -3.24. The van der Waals surface area contributed by atoms with Crippen LogP contribution in [0.5, 0.6) is 0 Å². The van der Waals surface area contributed by atoms with Crippen LogP contribution >= 0.6 is 0 Å². The number of hydrogen-bond donors (Lipinski definition) is 3. The highest BCUT2D eigenvalue weighted by Gasteiger charge is 2.21. The summed E-state index contributed by atoms with van der Waals surface area (Å²) >= 11 is 0. The van der Waals surface area contributed by atoms with E-state index in [9.17, 15) is 13.2 Å². The smallest absolute Gasteiger partial charge is 0.407 e. The fraction of sp³-hybridized carbons (Fsp3) is 0.917. The lowest BCUT2D eigenvalue weighted by Gasteiger charge is -2.25. The van der Waals surface area contributed by atoms with E-state index >= 15 is 0 Å². The standard InChI is InChI=1S/C12H27N3O4S/c1-11(2,3)19-10(16)14-8-7-13-9-12(4,5)15-20(6,17)18/h13,15H,7-9H2,1-6H3,(H,14,16). The molecule has 0 atom stereocenters. The van der Waals surface area contributed by atoms with Crippen molar-refractivity contribution in [1.29, 1.82) is 0 Å². The van der Waals surface area contributed by atoms with Crippen LogP contribution in [0.3, 0.4) is 0 Å². The summed E-state index contributed by atoms with van der Waals surface area (Å²) in [5.41, 5.74) is -1.10. The van der Waals surface area contributed by atoms with Crippen LogP contribution in [-0.2, 0) is 14.8 Å². The number of hydrogen-bond acceptors (Lipinski definition) is 5. The third-order valence-corrected chi connectivity index (χ3v) is 2.92. The third kappa shape index (κ3) is 12.2. The van der Waals surface area contributed by atoms with E-state index in [1.807, 2.05) is 0 Å². The molecule has 0 bridgehead atoms. The number of carbonyl (C=O) groups is 1. The van der Waals surface area contributed by atoms with Crippen molar-refractivity contribution in [2.45, 2.75) is 45.8 Å². The van der Waals surface area contributed by atoms with Crippen LogP contribution in [0.4, 0.5) is 4.79 Å². The van der Waals surface area contributed by atoms with E-state index in [0.717, 1.165) is 6.26 Å². The normalized spacial score (nSPS) is 13.1. The van der Waals surface area contributed by atoms with Crippen LogP contribution in [0.25, 0.3) is 0 Å². The molecule has 0 heterocycles. The molecule has 0 saturated heterocycles. The molecule has 3 N–H and O–H groups in total. The minimum Gasteiger partial charge on any atom is -0.444 e. The fourth-order valence-corrected chi connectivity index (χ4v) is 2.58. The van der Waals surface area contributed by atoms with E-state index in [2.05, 4.69) is 15.4 Å². The first kappa shape index (κ1) is 19.1. The van der Waals surface area contributed by atoms with Gasteiger partial charge >= 0.3 is 6.09 Å². The van der Waals surface area contributed by atoms with E-state index in [1.165, 1.54) is 0 Å². The van der Waals surface area contributed by atoms with Crippen molar-refractivity contribution in [3.8, 4) is 0 Å². The van der Waals surface area contributed by atoms with Crippen LogP contribution in [-0.4, -0.2) is 51.5 Å². The highest BCUT2D eigenvalue weighted by molar-refractivity contribution is 7.88.